The Hall–Kier alpha value is -4.31. The molecule has 0 saturated heterocycles. The molecule has 0 rings (SSSR count). The van der Waals surface area contributed by atoms with E-state index in [1.165, 1.54) is 57.8 Å². The Morgan fingerprint density at radius 3 is 1.22 bits per heavy atom. The molecule has 69 heavy (non-hydrogen) atoms. The van der Waals surface area contributed by atoms with Crippen molar-refractivity contribution in [3.63, 3.8) is 0 Å². The van der Waals surface area contributed by atoms with Gasteiger partial charge in [-0.2, -0.15) is 0 Å². The number of quaternary nitrogens is 1. The highest BCUT2D eigenvalue weighted by molar-refractivity contribution is 5.70. The van der Waals surface area contributed by atoms with E-state index in [-0.39, 0.29) is 32.7 Å². The largest absolute Gasteiger partial charge is 0.545 e. The molecule has 0 saturated carbocycles. The van der Waals surface area contributed by atoms with E-state index in [9.17, 15) is 19.5 Å². The Balaban J connectivity index is 4.26. The number of nitrogens with zero attached hydrogens (tertiary/aromatic N) is 1. The molecule has 0 N–H and O–H groups in total. The second kappa shape index (κ2) is 50.1. The smallest absolute Gasteiger partial charge is 0.306 e. The lowest BCUT2D eigenvalue weighted by molar-refractivity contribution is -0.870. The monoisotopic (exact) mass is 960 g/mol. The summed E-state index contributed by atoms with van der Waals surface area (Å²) in [5.41, 5.74) is 0. The number of likely N-dealkylation sites (N-methyl/N-ethyl adjacent to an activating group) is 1. The summed E-state index contributed by atoms with van der Waals surface area (Å²) in [6.45, 7) is 4.40. The van der Waals surface area contributed by atoms with E-state index in [1.54, 1.807) is 0 Å². The van der Waals surface area contributed by atoms with Crippen LogP contribution in [0.25, 0.3) is 0 Å². The number of unbranched alkanes of at least 4 members (excludes halogenated alkanes) is 12. The molecule has 0 aromatic heterocycles. The summed E-state index contributed by atoms with van der Waals surface area (Å²) in [7, 11) is 5.88. The minimum absolute atomic E-state index is 0.131. The highest BCUT2D eigenvalue weighted by atomic mass is 16.7. The fraction of sp³-hybridized carbons (Fsp3) is 0.617. The summed E-state index contributed by atoms with van der Waals surface area (Å²) < 4.78 is 22.5. The first-order valence-corrected chi connectivity index (χ1v) is 26.7. The summed E-state index contributed by atoms with van der Waals surface area (Å²) in [6, 6.07) is 0. The van der Waals surface area contributed by atoms with Crippen molar-refractivity contribution in [2.24, 2.45) is 0 Å². The molecule has 9 nitrogen and oxygen atoms in total. The molecule has 0 aromatic carbocycles. The minimum atomic E-state index is -1.64. The van der Waals surface area contributed by atoms with Crippen LogP contribution in [0.1, 0.15) is 181 Å². The number of esters is 2. The average Bonchev–Trinajstić information content (AvgIpc) is 3.31. The minimum Gasteiger partial charge on any atom is -0.545 e. The predicted molar refractivity (Wildman–Crippen MR) is 287 cm³/mol. The van der Waals surface area contributed by atoms with Crippen molar-refractivity contribution < 1.29 is 42.9 Å². The van der Waals surface area contributed by atoms with Gasteiger partial charge in [0.1, 0.15) is 13.2 Å². The maximum atomic E-state index is 12.8. The van der Waals surface area contributed by atoms with Gasteiger partial charge in [-0.25, -0.2) is 0 Å². The summed E-state index contributed by atoms with van der Waals surface area (Å²) in [6.07, 6.45) is 67.0. The van der Waals surface area contributed by atoms with Crippen molar-refractivity contribution in [2.75, 3.05) is 47.5 Å². The van der Waals surface area contributed by atoms with Crippen LogP contribution < -0.4 is 5.11 Å². The molecule has 0 radical (unpaired) electrons. The molecule has 0 bridgehead atoms. The standard InChI is InChI=1S/C60H97NO8/c1-6-8-10-12-14-16-18-20-21-22-23-24-25-26-27-28-29-30-31-32-33-34-35-36-37-39-41-43-45-47-49-51-58(63)69-56(55-68-60(59(64)65)66-53-52-61(3,4)5)54-67-57(62)50-48-46-44-42-40-38-19-17-15-13-11-9-7-2/h8-11,14-17,20-21,23-24,26-27,29-30,38,40,44,46,56,60H,6-7,12-13,18-19,22,25,28,31-37,39,41-43,45,47-55H2,1-5H3/b10-8-,11-9-,16-14-,17-15-,21-20-,24-23-,27-26-,30-29-,40-38-,46-44-. The Bertz CT molecular complexity index is 1540. The predicted octanol–water partition coefficient (Wildman–Crippen LogP) is 14.0. The van der Waals surface area contributed by atoms with Crippen LogP contribution in [0, 0.1) is 0 Å². The molecule has 0 spiro atoms. The van der Waals surface area contributed by atoms with Gasteiger partial charge in [-0.3, -0.25) is 9.59 Å². The van der Waals surface area contributed by atoms with Gasteiger partial charge in [0, 0.05) is 12.8 Å². The average molecular weight is 960 g/mol. The molecular formula is C60H97NO8. The molecule has 0 aromatic rings. The van der Waals surface area contributed by atoms with Crippen LogP contribution in [0.4, 0.5) is 0 Å². The van der Waals surface area contributed by atoms with E-state index in [2.05, 4.69) is 123 Å². The first-order valence-electron chi connectivity index (χ1n) is 26.7. The lowest BCUT2D eigenvalue weighted by Crippen LogP contribution is -2.44. The fourth-order valence-electron chi connectivity index (χ4n) is 6.67. The zero-order chi connectivity index (χ0) is 50.6. The lowest BCUT2D eigenvalue weighted by atomic mass is 10.0. The molecule has 0 aliphatic carbocycles. The van der Waals surface area contributed by atoms with Crippen LogP contribution in [0.15, 0.2) is 122 Å². The van der Waals surface area contributed by atoms with Crippen LogP contribution in [0.2, 0.25) is 0 Å². The van der Waals surface area contributed by atoms with Gasteiger partial charge < -0.3 is 33.3 Å². The van der Waals surface area contributed by atoms with Crippen LogP contribution in [-0.4, -0.2) is 82.3 Å². The summed E-state index contributed by atoms with van der Waals surface area (Å²) >= 11 is 0. The zero-order valence-corrected chi connectivity index (χ0v) is 44.1. The third-order valence-electron chi connectivity index (χ3n) is 10.7. The Morgan fingerprint density at radius 2 is 0.812 bits per heavy atom. The van der Waals surface area contributed by atoms with Crippen molar-refractivity contribution in [1.29, 1.82) is 0 Å². The van der Waals surface area contributed by atoms with Crippen molar-refractivity contribution in [3.05, 3.63) is 122 Å². The van der Waals surface area contributed by atoms with Crippen LogP contribution in [0.5, 0.6) is 0 Å². The SMILES string of the molecule is CC/C=C\C/C=C\C/C=C\C/C=C\C/C=C\C/C=C\CCCCCCCCCCCCCCC(=O)OC(COC(=O)CC/C=C\C/C=C\C/C=C\C/C=C\CC)COC(OCC[N+](C)(C)C)C(=O)[O-]. The first kappa shape index (κ1) is 64.7. The van der Waals surface area contributed by atoms with Gasteiger partial charge >= 0.3 is 11.9 Å². The number of carboxylic acids is 1. The number of ether oxygens (including phenoxy) is 4. The third kappa shape index (κ3) is 51.4. The molecule has 2 atom stereocenters. The summed E-state index contributed by atoms with van der Waals surface area (Å²) in [5.74, 6) is -2.41. The number of hydrogen-bond donors (Lipinski definition) is 0. The van der Waals surface area contributed by atoms with Crippen LogP contribution in [0.3, 0.4) is 0 Å². The highest BCUT2D eigenvalue weighted by Gasteiger charge is 2.21. The van der Waals surface area contributed by atoms with Crippen LogP contribution >= 0.6 is 0 Å². The van der Waals surface area contributed by atoms with Crippen molar-refractivity contribution in [3.8, 4) is 0 Å². The van der Waals surface area contributed by atoms with Crippen molar-refractivity contribution in [2.45, 2.75) is 193 Å². The molecular weight excluding hydrogens is 863 g/mol. The second-order valence-corrected chi connectivity index (χ2v) is 18.4. The van der Waals surface area contributed by atoms with E-state index in [0.717, 1.165) is 83.5 Å². The van der Waals surface area contributed by atoms with E-state index < -0.39 is 30.3 Å². The summed E-state index contributed by atoms with van der Waals surface area (Å²) in [5, 5.41) is 11.7. The normalized spacial score (nSPS) is 13.8. The molecule has 0 amide bonds. The van der Waals surface area contributed by atoms with Crippen molar-refractivity contribution in [1.82, 2.24) is 0 Å². The van der Waals surface area contributed by atoms with E-state index in [0.29, 0.717) is 23.9 Å². The first-order chi connectivity index (χ1) is 33.6. The Morgan fingerprint density at radius 1 is 0.435 bits per heavy atom. The lowest BCUT2D eigenvalue weighted by Gasteiger charge is -2.26. The number of carbonyl (C=O) groups excluding carboxylic acids is 3. The molecule has 2 unspecified atom stereocenters. The van der Waals surface area contributed by atoms with Gasteiger partial charge in [-0.15, -0.1) is 0 Å². The molecule has 0 aliphatic heterocycles. The number of aliphatic carboxylic acids is 1. The third-order valence-corrected chi connectivity index (χ3v) is 10.7. The number of allylic oxidation sites excluding steroid dienone is 20. The number of carboxylic acid groups (broad SMARTS) is 1. The zero-order valence-electron chi connectivity index (χ0n) is 44.1. The fourth-order valence-corrected chi connectivity index (χ4v) is 6.67. The topological polar surface area (TPSA) is 111 Å². The second-order valence-electron chi connectivity index (χ2n) is 18.4. The van der Waals surface area contributed by atoms with Gasteiger partial charge in [-0.05, 0) is 89.9 Å². The van der Waals surface area contributed by atoms with E-state index >= 15 is 0 Å². The highest BCUT2D eigenvalue weighted by Crippen LogP contribution is 2.14. The van der Waals surface area contributed by atoms with Crippen molar-refractivity contribution >= 4 is 17.9 Å². The molecule has 0 aliphatic rings. The van der Waals surface area contributed by atoms with Crippen LogP contribution in [-0.2, 0) is 33.3 Å². The number of carbonyl (C=O) groups is 3. The van der Waals surface area contributed by atoms with E-state index in [4.69, 9.17) is 18.9 Å². The Kier molecular flexibility index (Phi) is 47.0. The maximum absolute atomic E-state index is 12.8. The van der Waals surface area contributed by atoms with Gasteiger partial charge in [0.25, 0.3) is 0 Å². The Labute approximate surface area is 421 Å². The van der Waals surface area contributed by atoms with E-state index in [1.807, 2.05) is 33.3 Å². The van der Waals surface area contributed by atoms with Gasteiger partial charge in [-0.1, -0.05) is 200 Å². The molecule has 390 valence electrons. The molecule has 0 fully saturated rings. The quantitative estimate of drug-likeness (QED) is 0.0195. The van der Waals surface area contributed by atoms with Gasteiger partial charge in [0.15, 0.2) is 12.4 Å². The van der Waals surface area contributed by atoms with Gasteiger partial charge in [0.05, 0.1) is 40.3 Å². The maximum Gasteiger partial charge on any atom is 0.306 e. The summed E-state index contributed by atoms with van der Waals surface area (Å²) in [4.78, 5) is 37.1. The number of hydrogen-bond acceptors (Lipinski definition) is 8. The van der Waals surface area contributed by atoms with Gasteiger partial charge in [0.2, 0.25) is 0 Å². The molecule has 0 heterocycles. The number of rotatable bonds is 47. The molecule has 9 heteroatoms.